The second kappa shape index (κ2) is 8.26. The molecule has 1 aliphatic heterocycles. The zero-order valence-corrected chi connectivity index (χ0v) is 20.3. The molecule has 0 fully saturated rings. The highest BCUT2D eigenvalue weighted by molar-refractivity contribution is 5.95. The second-order valence-electron chi connectivity index (χ2n) is 9.94. The summed E-state index contributed by atoms with van der Waals surface area (Å²) < 4.78 is 0. The van der Waals surface area contributed by atoms with Gasteiger partial charge in [0.1, 0.15) is 0 Å². The van der Waals surface area contributed by atoms with Crippen LogP contribution >= 0.6 is 0 Å². The summed E-state index contributed by atoms with van der Waals surface area (Å²) in [6, 6.07) is 19.7. The molecule has 1 aromatic heterocycles. The quantitative estimate of drug-likeness (QED) is 0.509. The highest BCUT2D eigenvalue weighted by Crippen LogP contribution is 2.47. The first kappa shape index (κ1) is 21.6. The average molecular weight is 433 g/mol. The number of fused-ring (bicyclic) bond motifs is 1. The van der Waals surface area contributed by atoms with Crippen LogP contribution in [0.2, 0.25) is 0 Å². The van der Waals surface area contributed by atoms with Crippen molar-refractivity contribution in [2.24, 2.45) is 10.4 Å². The number of aromatic nitrogens is 1. The van der Waals surface area contributed by atoms with Gasteiger partial charge in [0.2, 0.25) is 0 Å². The fraction of sp³-hybridized carbons (Fsp3) is 0.290. The second-order valence-corrected chi connectivity index (χ2v) is 9.94. The van der Waals surface area contributed by atoms with Crippen molar-refractivity contribution in [2.45, 2.75) is 47.0 Å². The van der Waals surface area contributed by atoms with Crippen molar-refractivity contribution < 1.29 is 0 Å². The lowest BCUT2D eigenvalue weighted by Gasteiger charge is -2.38. The number of aliphatic imine (C=N–C) groups is 1. The first-order valence-corrected chi connectivity index (χ1v) is 11.9. The Labute approximate surface area is 197 Å². The molecule has 1 aliphatic carbocycles. The van der Waals surface area contributed by atoms with Crippen LogP contribution in [0.1, 0.15) is 48.6 Å². The molecule has 0 bridgehead atoms. The fourth-order valence-corrected chi connectivity index (χ4v) is 5.70. The first-order chi connectivity index (χ1) is 15.9. The number of hydrogen-bond donors (Lipinski definition) is 0. The Morgan fingerprint density at radius 2 is 1.64 bits per heavy atom. The molecule has 5 rings (SSSR count). The van der Waals surface area contributed by atoms with Crippen LogP contribution in [0.15, 0.2) is 71.2 Å². The zero-order valence-electron chi connectivity index (χ0n) is 20.3. The van der Waals surface area contributed by atoms with E-state index >= 15 is 0 Å². The van der Waals surface area contributed by atoms with Gasteiger partial charge in [-0.15, -0.1) is 0 Å². The number of benzene rings is 2. The SMILES string of the molecule is CC1=NCC(C(c2ccc(C)cc2)C2(C)C=c3c(C)c(-c4ccccc4)c(C)nc3=CC2)=C1. The molecule has 0 saturated heterocycles. The normalized spacial score (nSPS) is 20.3. The molecule has 0 saturated carbocycles. The standard InChI is InChI=1S/C31H32N2/c1-20-11-13-25(14-12-20)30(26-17-21(2)32-19-26)31(5)16-15-28-27(18-31)22(3)29(23(4)33-28)24-9-7-6-8-10-24/h6-15,17-18,30H,16,19H2,1-5H3. The van der Waals surface area contributed by atoms with Gasteiger partial charge in [-0.05, 0) is 67.7 Å². The maximum absolute atomic E-state index is 5.05. The maximum atomic E-state index is 5.05. The van der Waals surface area contributed by atoms with Crippen LogP contribution in [0.25, 0.3) is 23.3 Å². The monoisotopic (exact) mass is 432 g/mol. The van der Waals surface area contributed by atoms with E-state index in [-0.39, 0.29) is 11.3 Å². The van der Waals surface area contributed by atoms with Crippen LogP contribution in [0.5, 0.6) is 0 Å². The third-order valence-electron chi connectivity index (χ3n) is 7.32. The van der Waals surface area contributed by atoms with Crippen LogP contribution < -0.4 is 10.6 Å². The Hall–Kier alpha value is -3.26. The molecule has 2 aliphatic rings. The van der Waals surface area contributed by atoms with E-state index in [9.17, 15) is 0 Å². The Kier molecular flexibility index (Phi) is 5.40. The fourth-order valence-electron chi connectivity index (χ4n) is 5.70. The summed E-state index contributed by atoms with van der Waals surface area (Å²) in [6.45, 7) is 11.9. The van der Waals surface area contributed by atoms with E-state index in [1.807, 2.05) is 0 Å². The van der Waals surface area contributed by atoms with Crippen molar-refractivity contribution in [1.82, 2.24) is 4.98 Å². The molecule has 2 nitrogen and oxygen atoms in total. The van der Waals surface area contributed by atoms with Crippen LogP contribution in [-0.4, -0.2) is 17.2 Å². The molecular formula is C31H32N2. The van der Waals surface area contributed by atoms with E-state index in [1.165, 1.54) is 38.6 Å². The van der Waals surface area contributed by atoms with Crippen molar-refractivity contribution in [3.63, 3.8) is 0 Å². The van der Waals surface area contributed by atoms with E-state index in [4.69, 9.17) is 9.98 Å². The van der Waals surface area contributed by atoms with Crippen molar-refractivity contribution in [2.75, 3.05) is 6.54 Å². The minimum absolute atomic E-state index is 0.0517. The number of nitrogens with zero attached hydrogens (tertiary/aromatic N) is 2. The molecule has 3 aromatic rings. The van der Waals surface area contributed by atoms with Gasteiger partial charge in [-0.25, -0.2) is 0 Å². The lowest BCUT2D eigenvalue weighted by molar-refractivity contribution is 0.405. The third kappa shape index (κ3) is 3.88. The smallest absolute Gasteiger partial charge is 0.0665 e. The molecule has 2 heterocycles. The summed E-state index contributed by atoms with van der Waals surface area (Å²) in [5, 5.41) is 2.40. The molecule has 2 heteroatoms. The molecule has 33 heavy (non-hydrogen) atoms. The topological polar surface area (TPSA) is 25.2 Å². The molecule has 0 radical (unpaired) electrons. The van der Waals surface area contributed by atoms with Crippen LogP contribution in [0.3, 0.4) is 0 Å². The lowest BCUT2D eigenvalue weighted by Crippen LogP contribution is -2.40. The molecule has 2 aromatic carbocycles. The largest absolute Gasteiger partial charge is 0.286 e. The predicted octanol–water partition coefficient (Wildman–Crippen LogP) is 5.83. The van der Waals surface area contributed by atoms with E-state index in [0.29, 0.717) is 0 Å². The van der Waals surface area contributed by atoms with Gasteiger partial charge in [-0.1, -0.05) is 79.2 Å². The molecule has 0 N–H and O–H groups in total. The first-order valence-electron chi connectivity index (χ1n) is 11.9. The van der Waals surface area contributed by atoms with Crippen molar-refractivity contribution in [3.8, 4) is 11.1 Å². The van der Waals surface area contributed by atoms with Gasteiger partial charge in [0, 0.05) is 28.3 Å². The Bertz CT molecular complexity index is 1390. The molecule has 2 atom stereocenters. The predicted molar refractivity (Wildman–Crippen MR) is 140 cm³/mol. The highest BCUT2D eigenvalue weighted by atomic mass is 14.8. The summed E-state index contributed by atoms with van der Waals surface area (Å²) in [5.41, 5.74) is 10.1. The van der Waals surface area contributed by atoms with Gasteiger partial charge in [-0.2, -0.15) is 0 Å². The summed E-state index contributed by atoms with van der Waals surface area (Å²) in [4.78, 5) is 9.77. The van der Waals surface area contributed by atoms with Crippen LogP contribution in [0, 0.1) is 26.2 Å². The minimum Gasteiger partial charge on any atom is -0.286 e. The number of allylic oxidation sites excluding steroid dienone is 1. The van der Waals surface area contributed by atoms with Crippen molar-refractivity contribution >= 4 is 17.9 Å². The van der Waals surface area contributed by atoms with E-state index in [2.05, 4.69) is 107 Å². The number of rotatable bonds is 4. The van der Waals surface area contributed by atoms with Gasteiger partial charge < -0.3 is 0 Å². The molecule has 166 valence electrons. The van der Waals surface area contributed by atoms with E-state index < -0.39 is 0 Å². The zero-order chi connectivity index (χ0) is 23.2. The van der Waals surface area contributed by atoms with E-state index in [0.717, 1.165) is 29.7 Å². The highest BCUT2D eigenvalue weighted by Gasteiger charge is 2.37. The minimum atomic E-state index is -0.0517. The maximum Gasteiger partial charge on any atom is 0.0665 e. The summed E-state index contributed by atoms with van der Waals surface area (Å²) in [5.74, 6) is 0.282. The number of pyridine rings is 1. The number of hydrogen-bond acceptors (Lipinski definition) is 2. The van der Waals surface area contributed by atoms with Crippen molar-refractivity contribution in [3.05, 3.63) is 99.2 Å². The molecular weight excluding hydrogens is 400 g/mol. The van der Waals surface area contributed by atoms with Crippen molar-refractivity contribution in [1.29, 1.82) is 0 Å². The van der Waals surface area contributed by atoms with Gasteiger partial charge in [0.15, 0.2) is 0 Å². The van der Waals surface area contributed by atoms with Gasteiger partial charge >= 0.3 is 0 Å². The van der Waals surface area contributed by atoms with Gasteiger partial charge in [0.05, 0.1) is 11.9 Å². The summed E-state index contributed by atoms with van der Waals surface area (Å²) in [6.07, 6.45) is 8.13. The van der Waals surface area contributed by atoms with Gasteiger partial charge in [0.25, 0.3) is 0 Å². The molecule has 2 unspecified atom stereocenters. The third-order valence-corrected chi connectivity index (χ3v) is 7.32. The van der Waals surface area contributed by atoms with Crippen LogP contribution in [0.4, 0.5) is 0 Å². The summed E-state index contributed by atoms with van der Waals surface area (Å²) >= 11 is 0. The molecule has 0 spiro atoms. The summed E-state index contributed by atoms with van der Waals surface area (Å²) in [7, 11) is 0. The van der Waals surface area contributed by atoms with Gasteiger partial charge in [-0.3, -0.25) is 9.98 Å². The van der Waals surface area contributed by atoms with E-state index in [1.54, 1.807) is 0 Å². The Morgan fingerprint density at radius 3 is 2.30 bits per heavy atom. The average Bonchev–Trinajstić information content (AvgIpc) is 3.22. The molecule has 0 amide bonds. The van der Waals surface area contributed by atoms with Crippen LogP contribution in [-0.2, 0) is 0 Å². The Morgan fingerprint density at radius 1 is 0.909 bits per heavy atom. The number of aryl methyl sites for hydroxylation is 2. The Balaban J connectivity index is 1.70. The lowest BCUT2D eigenvalue weighted by atomic mass is 9.66.